The fourth-order valence-corrected chi connectivity index (χ4v) is 2.63. The van der Waals surface area contributed by atoms with Gasteiger partial charge in [0.2, 0.25) is 0 Å². The van der Waals surface area contributed by atoms with Gasteiger partial charge in [-0.3, -0.25) is 4.68 Å². The van der Waals surface area contributed by atoms with Crippen LogP contribution < -0.4 is 10.6 Å². The summed E-state index contributed by atoms with van der Waals surface area (Å²) in [5.74, 6) is 1.44. The Hall–Kier alpha value is -1.23. The number of aliphatic hydroxyl groups is 1. The van der Waals surface area contributed by atoms with E-state index in [1.54, 1.807) is 0 Å². The number of hydrogen-bond acceptors (Lipinski definition) is 4. The molecule has 1 unspecified atom stereocenters. The number of aliphatic hydroxyl groups excluding tert-OH is 1. The van der Waals surface area contributed by atoms with Crippen LogP contribution in [0.2, 0.25) is 0 Å². The first-order valence-corrected chi connectivity index (χ1v) is 6.22. The number of nitrogens with two attached hydrogens (primary N) is 1. The Labute approximate surface area is 102 Å². The third-order valence-corrected chi connectivity index (χ3v) is 3.76. The summed E-state index contributed by atoms with van der Waals surface area (Å²) in [7, 11) is 1.93. The molecule has 0 aliphatic carbocycles. The van der Waals surface area contributed by atoms with E-state index in [4.69, 9.17) is 5.73 Å². The molecule has 0 aromatic carbocycles. The minimum absolute atomic E-state index is 0.206. The van der Waals surface area contributed by atoms with Gasteiger partial charge in [0.15, 0.2) is 0 Å². The Morgan fingerprint density at radius 1 is 1.41 bits per heavy atom. The lowest BCUT2D eigenvalue weighted by molar-refractivity contribution is 0.109. The van der Waals surface area contributed by atoms with Gasteiger partial charge in [0, 0.05) is 20.1 Å². The largest absolute Gasteiger partial charge is 0.394 e. The SMILES string of the molecule is Cc1nn(C)c(N2CCC(C(C)O)CC2)c1N. The Bertz CT molecular complexity index is 391. The molecule has 5 nitrogen and oxygen atoms in total. The predicted molar refractivity (Wildman–Crippen MR) is 69.0 cm³/mol. The van der Waals surface area contributed by atoms with Gasteiger partial charge in [-0.2, -0.15) is 5.10 Å². The first kappa shape index (κ1) is 12.2. The van der Waals surface area contributed by atoms with E-state index in [1.807, 2.05) is 25.6 Å². The Morgan fingerprint density at radius 3 is 2.41 bits per heavy atom. The quantitative estimate of drug-likeness (QED) is 0.803. The maximum Gasteiger partial charge on any atom is 0.150 e. The van der Waals surface area contributed by atoms with E-state index in [0.717, 1.165) is 43.1 Å². The molecule has 0 bridgehead atoms. The molecule has 1 aliphatic rings. The number of hydrogen-bond donors (Lipinski definition) is 2. The van der Waals surface area contributed by atoms with Crippen LogP contribution in [0.5, 0.6) is 0 Å². The molecule has 1 aromatic heterocycles. The topological polar surface area (TPSA) is 67.3 Å². The molecule has 5 heteroatoms. The van der Waals surface area contributed by atoms with Crippen molar-refractivity contribution < 1.29 is 5.11 Å². The predicted octanol–water partition coefficient (Wildman–Crippen LogP) is 0.908. The Balaban J connectivity index is 2.10. The van der Waals surface area contributed by atoms with Crippen molar-refractivity contribution in [3.8, 4) is 0 Å². The number of aryl methyl sites for hydroxylation is 2. The molecule has 96 valence electrons. The minimum Gasteiger partial charge on any atom is -0.394 e. The second-order valence-corrected chi connectivity index (χ2v) is 5.01. The van der Waals surface area contributed by atoms with E-state index in [-0.39, 0.29) is 6.10 Å². The van der Waals surface area contributed by atoms with Crippen molar-refractivity contribution in [2.75, 3.05) is 23.7 Å². The Kier molecular flexibility index (Phi) is 3.28. The van der Waals surface area contributed by atoms with Crippen LogP contribution in [-0.2, 0) is 7.05 Å². The van der Waals surface area contributed by atoms with E-state index >= 15 is 0 Å². The van der Waals surface area contributed by atoms with Crippen LogP contribution in [-0.4, -0.2) is 34.1 Å². The van der Waals surface area contributed by atoms with Crippen LogP contribution in [0.4, 0.5) is 11.5 Å². The first-order chi connectivity index (χ1) is 8.00. The number of piperidine rings is 1. The molecule has 3 N–H and O–H groups in total. The monoisotopic (exact) mass is 238 g/mol. The summed E-state index contributed by atoms with van der Waals surface area (Å²) in [5, 5.41) is 13.9. The average molecular weight is 238 g/mol. The third kappa shape index (κ3) is 2.24. The molecular weight excluding hydrogens is 216 g/mol. The second-order valence-electron chi connectivity index (χ2n) is 5.01. The second kappa shape index (κ2) is 4.56. The van der Waals surface area contributed by atoms with Crippen molar-refractivity contribution in [3.63, 3.8) is 0 Å². The smallest absolute Gasteiger partial charge is 0.150 e. The van der Waals surface area contributed by atoms with E-state index in [2.05, 4.69) is 10.00 Å². The highest BCUT2D eigenvalue weighted by Gasteiger charge is 2.25. The van der Waals surface area contributed by atoms with Crippen molar-refractivity contribution in [3.05, 3.63) is 5.69 Å². The zero-order valence-corrected chi connectivity index (χ0v) is 10.8. The fourth-order valence-electron chi connectivity index (χ4n) is 2.63. The van der Waals surface area contributed by atoms with Crippen molar-refractivity contribution in [2.45, 2.75) is 32.8 Å². The molecule has 1 atom stereocenters. The zero-order valence-electron chi connectivity index (χ0n) is 10.8. The van der Waals surface area contributed by atoms with Crippen LogP contribution in [0.15, 0.2) is 0 Å². The zero-order chi connectivity index (χ0) is 12.6. The Morgan fingerprint density at radius 2 is 2.00 bits per heavy atom. The maximum absolute atomic E-state index is 9.59. The minimum atomic E-state index is -0.206. The van der Waals surface area contributed by atoms with E-state index < -0.39 is 0 Å². The van der Waals surface area contributed by atoms with Crippen molar-refractivity contribution in [1.29, 1.82) is 0 Å². The molecule has 2 rings (SSSR count). The standard InChI is InChI=1S/C12H22N4O/c1-8-11(13)12(15(3)14-8)16-6-4-10(5-7-16)9(2)17/h9-10,17H,4-7,13H2,1-3H3. The molecule has 0 amide bonds. The lowest BCUT2D eigenvalue weighted by Crippen LogP contribution is -2.38. The van der Waals surface area contributed by atoms with Gasteiger partial charge in [0.05, 0.1) is 17.5 Å². The molecule has 1 aliphatic heterocycles. The molecule has 0 spiro atoms. The fraction of sp³-hybridized carbons (Fsp3) is 0.750. The molecular formula is C12H22N4O. The number of nitrogens with zero attached hydrogens (tertiary/aromatic N) is 3. The molecule has 17 heavy (non-hydrogen) atoms. The van der Waals surface area contributed by atoms with Gasteiger partial charge in [-0.1, -0.05) is 0 Å². The summed E-state index contributed by atoms with van der Waals surface area (Å²) in [6.07, 6.45) is 1.82. The molecule has 1 aromatic rings. The lowest BCUT2D eigenvalue weighted by Gasteiger charge is -2.34. The van der Waals surface area contributed by atoms with E-state index in [1.165, 1.54) is 0 Å². The van der Waals surface area contributed by atoms with Crippen LogP contribution >= 0.6 is 0 Å². The summed E-state index contributed by atoms with van der Waals surface area (Å²) < 4.78 is 1.85. The van der Waals surface area contributed by atoms with E-state index in [0.29, 0.717) is 5.92 Å². The summed E-state index contributed by atoms with van der Waals surface area (Å²) in [6.45, 7) is 5.70. The summed E-state index contributed by atoms with van der Waals surface area (Å²) >= 11 is 0. The van der Waals surface area contributed by atoms with Gasteiger partial charge in [-0.25, -0.2) is 0 Å². The molecule has 0 radical (unpaired) electrons. The van der Waals surface area contributed by atoms with Crippen LogP contribution in [0.3, 0.4) is 0 Å². The van der Waals surface area contributed by atoms with Gasteiger partial charge in [-0.15, -0.1) is 0 Å². The third-order valence-electron chi connectivity index (χ3n) is 3.76. The highest BCUT2D eigenvalue weighted by molar-refractivity contribution is 5.66. The summed E-state index contributed by atoms with van der Waals surface area (Å²) in [4.78, 5) is 2.27. The number of nitrogen functional groups attached to an aromatic ring is 1. The van der Waals surface area contributed by atoms with E-state index in [9.17, 15) is 5.11 Å². The lowest BCUT2D eigenvalue weighted by atomic mass is 9.92. The average Bonchev–Trinajstić information content (AvgIpc) is 2.53. The highest BCUT2D eigenvalue weighted by Crippen LogP contribution is 2.30. The normalized spacial score (nSPS) is 19.6. The molecule has 0 saturated carbocycles. The number of aromatic nitrogens is 2. The van der Waals surface area contributed by atoms with Crippen molar-refractivity contribution >= 4 is 11.5 Å². The maximum atomic E-state index is 9.59. The highest BCUT2D eigenvalue weighted by atomic mass is 16.3. The van der Waals surface area contributed by atoms with Crippen LogP contribution in [0.1, 0.15) is 25.5 Å². The van der Waals surface area contributed by atoms with Gasteiger partial charge < -0.3 is 15.7 Å². The molecule has 1 fully saturated rings. The van der Waals surface area contributed by atoms with Crippen LogP contribution in [0.25, 0.3) is 0 Å². The van der Waals surface area contributed by atoms with Gasteiger partial charge in [-0.05, 0) is 32.6 Å². The number of anilines is 2. The van der Waals surface area contributed by atoms with Gasteiger partial charge in [0.25, 0.3) is 0 Å². The summed E-state index contributed by atoms with van der Waals surface area (Å²) in [6, 6.07) is 0. The van der Waals surface area contributed by atoms with Crippen molar-refractivity contribution in [2.24, 2.45) is 13.0 Å². The number of rotatable bonds is 2. The van der Waals surface area contributed by atoms with Gasteiger partial charge in [0.1, 0.15) is 5.82 Å². The van der Waals surface area contributed by atoms with Gasteiger partial charge >= 0.3 is 0 Å². The first-order valence-electron chi connectivity index (χ1n) is 6.22. The molecule has 2 heterocycles. The van der Waals surface area contributed by atoms with Crippen LogP contribution in [0, 0.1) is 12.8 Å². The molecule has 1 saturated heterocycles. The van der Waals surface area contributed by atoms with Crippen molar-refractivity contribution in [1.82, 2.24) is 9.78 Å². The summed E-state index contributed by atoms with van der Waals surface area (Å²) in [5.41, 5.74) is 7.72.